The molecule has 1 heterocycles. The lowest BCUT2D eigenvalue weighted by Crippen LogP contribution is -1.97. The van der Waals surface area contributed by atoms with Gasteiger partial charge in [0.2, 0.25) is 0 Å². The Morgan fingerprint density at radius 1 is 1.44 bits per heavy atom. The van der Waals surface area contributed by atoms with Gasteiger partial charge in [0, 0.05) is 16.1 Å². The van der Waals surface area contributed by atoms with Gasteiger partial charge in [-0.1, -0.05) is 28.1 Å². The van der Waals surface area contributed by atoms with Crippen LogP contribution in [0.15, 0.2) is 28.7 Å². The smallest absolute Gasteiger partial charge is 0.195 e. The first kappa shape index (κ1) is 10.2. The molecule has 0 spiro atoms. The Bertz CT molecular complexity index is 583. The lowest BCUT2D eigenvalue weighted by Gasteiger charge is -2.04. The number of nitrogens with zero attached hydrogens (tertiary/aromatic N) is 2. The van der Waals surface area contributed by atoms with Crippen LogP contribution < -0.4 is 0 Å². The second-order valence-corrected chi connectivity index (χ2v) is 5.27. The SMILES string of the molecule is S=c1[nH]nc(-c2cccc(Br)c2)n1C1CC1. The van der Waals surface area contributed by atoms with E-state index in [1.54, 1.807) is 0 Å². The molecule has 82 valence electrons. The van der Waals surface area contributed by atoms with Gasteiger partial charge in [0.1, 0.15) is 0 Å². The fourth-order valence-corrected chi connectivity index (χ4v) is 2.49. The van der Waals surface area contributed by atoms with E-state index < -0.39 is 0 Å². The number of H-pyrrole nitrogens is 1. The van der Waals surface area contributed by atoms with Gasteiger partial charge in [-0.3, -0.25) is 9.67 Å². The zero-order valence-electron chi connectivity index (χ0n) is 8.48. The van der Waals surface area contributed by atoms with Gasteiger partial charge in [0.05, 0.1) is 0 Å². The third kappa shape index (κ3) is 1.74. The standard InChI is InChI=1S/C11H10BrN3S/c12-8-3-1-2-7(6-8)10-13-14-11(16)15(10)9-4-5-9/h1-3,6,9H,4-5H2,(H,14,16). The Kier molecular flexibility index (Phi) is 2.44. The summed E-state index contributed by atoms with van der Waals surface area (Å²) in [5, 5.41) is 7.19. The summed E-state index contributed by atoms with van der Waals surface area (Å²) in [5.74, 6) is 0.939. The highest BCUT2D eigenvalue weighted by atomic mass is 79.9. The van der Waals surface area contributed by atoms with Crippen molar-refractivity contribution in [2.45, 2.75) is 18.9 Å². The second kappa shape index (κ2) is 3.82. The number of nitrogens with one attached hydrogen (secondary N) is 1. The number of halogens is 1. The Hall–Kier alpha value is -0.940. The molecule has 1 N–H and O–H groups in total. The van der Waals surface area contributed by atoms with Crippen LogP contribution in [0.2, 0.25) is 0 Å². The molecule has 1 aliphatic rings. The van der Waals surface area contributed by atoms with Crippen LogP contribution in [-0.4, -0.2) is 14.8 Å². The van der Waals surface area contributed by atoms with Crippen molar-refractivity contribution in [3.63, 3.8) is 0 Å². The number of aromatic amines is 1. The summed E-state index contributed by atoms with van der Waals surface area (Å²) >= 11 is 8.73. The first-order valence-electron chi connectivity index (χ1n) is 5.18. The molecule has 5 heteroatoms. The van der Waals surface area contributed by atoms with E-state index in [-0.39, 0.29) is 0 Å². The molecule has 0 atom stereocenters. The molecule has 0 bridgehead atoms. The highest BCUT2D eigenvalue weighted by Gasteiger charge is 2.27. The van der Waals surface area contributed by atoms with Gasteiger partial charge in [-0.2, -0.15) is 5.10 Å². The molecular formula is C11H10BrN3S. The van der Waals surface area contributed by atoms with Crippen LogP contribution in [0.5, 0.6) is 0 Å². The van der Waals surface area contributed by atoms with Crippen LogP contribution >= 0.6 is 28.1 Å². The average Bonchev–Trinajstić information content (AvgIpc) is 3.02. The maximum Gasteiger partial charge on any atom is 0.195 e. The van der Waals surface area contributed by atoms with Gasteiger partial charge < -0.3 is 0 Å². The number of rotatable bonds is 2. The maximum absolute atomic E-state index is 5.26. The highest BCUT2D eigenvalue weighted by molar-refractivity contribution is 9.10. The fraction of sp³-hybridized carbons (Fsp3) is 0.273. The van der Waals surface area contributed by atoms with Gasteiger partial charge in [0.15, 0.2) is 10.6 Å². The van der Waals surface area contributed by atoms with Crippen molar-refractivity contribution < 1.29 is 0 Å². The van der Waals surface area contributed by atoms with Crippen LogP contribution in [0.4, 0.5) is 0 Å². The topological polar surface area (TPSA) is 33.6 Å². The van der Waals surface area contributed by atoms with Crippen LogP contribution in [0.25, 0.3) is 11.4 Å². The summed E-state index contributed by atoms with van der Waals surface area (Å²) in [6.07, 6.45) is 2.41. The van der Waals surface area contributed by atoms with Gasteiger partial charge >= 0.3 is 0 Å². The van der Waals surface area contributed by atoms with E-state index in [1.807, 2.05) is 12.1 Å². The molecular weight excluding hydrogens is 286 g/mol. The van der Waals surface area contributed by atoms with Crippen molar-refractivity contribution in [2.75, 3.05) is 0 Å². The van der Waals surface area contributed by atoms with Gasteiger partial charge in [-0.15, -0.1) is 0 Å². The van der Waals surface area contributed by atoms with Crippen molar-refractivity contribution in [3.8, 4) is 11.4 Å². The van der Waals surface area contributed by atoms with E-state index in [4.69, 9.17) is 12.2 Å². The van der Waals surface area contributed by atoms with Crippen molar-refractivity contribution in [3.05, 3.63) is 33.5 Å². The molecule has 16 heavy (non-hydrogen) atoms. The normalized spacial score (nSPS) is 15.3. The maximum atomic E-state index is 5.26. The monoisotopic (exact) mass is 295 g/mol. The minimum absolute atomic E-state index is 0.542. The zero-order valence-corrected chi connectivity index (χ0v) is 10.9. The van der Waals surface area contributed by atoms with E-state index >= 15 is 0 Å². The average molecular weight is 296 g/mol. The van der Waals surface area contributed by atoms with Crippen LogP contribution in [0.3, 0.4) is 0 Å². The second-order valence-electron chi connectivity index (χ2n) is 3.96. The predicted molar refractivity (Wildman–Crippen MR) is 68.8 cm³/mol. The Morgan fingerprint density at radius 2 is 2.25 bits per heavy atom. The molecule has 0 amide bonds. The highest BCUT2D eigenvalue weighted by Crippen LogP contribution is 2.38. The molecule has 0 unspecified atom stereocenters. The van der Waals surface area contributed by atoms with E-state index in [0.29, 0.717) is 6.04 Å². The quantitative estimate of drug-likeness (QED) is 0.857. The number of aromatic nitrogens is 3. The summed E-state index contributed by atoms with van der Waals surface area (Å²) in [6.45, 7) is 0. The first-order chi connectivity index (χ1) is 7.75. The molecule has 1 aliphatic carbocycles. The Morgan fingerprint density at radius 3 is 2.94 bits per heavy atom. The number of benzene rings is 1. The zero-order chi connectivity index (χ0) is 11.1. The minimum atomic E-state index is 0.542. The lowest BCUT2D eigenvalue weighted by atomic mass is 10.2. The van der Waals surface area contributed by atoms with Crippen LogP contribution in [-0.2, 0) is 0 Å². The molecule has 0 aliphatic heterocycles. The largest absolute Gasteiger partial charge is 0.297 e. The van der Waals surface area contributed by atoms with Gasteiger partial charge in [-0.25, -0.2) is 0 Å². The third-order valence-corrected chi connectivity index (χ3v) is 3.48. The van der Waals surface area contributed by atoms with Crippen LogP contribution in [0.1, 0.15) is 18.9 Å². The molecule has 1 fully saturated rings. The summed E-state index contributed by atoms with van der Waals surface area (Å²) in [4.78, 5) is 0. The van der Waals surface area contributed by atoms with Crippen molar-refractivity contribution in [1.29, 1.82) is 0 Å². The van der Waals surface area contributed by atoms with Crippen molar-refractivity contribution >= 4 is 28.1 Å². The Labute approximate surface area is 107 Å². The predicted octanol–water partition coefficient (Wildman–Crippen LogP) is 3.71. The third-order valence-electron chi connectivity index (χ3n) is 2.70. The van der Waals surface area contributed by atoms with Crippen molar-refractivity contribution in [1.82, 2.24) is 14.8 Å². The lowest BCUT2D eigenvalue weighted by molar-refractivity contribution is 0.735. The molecule has 2 aromatic rings. The van der Waals surface area contributed by atoms with E-state index in [2.05, 4.69) is 42.8 Å². The Balaban J connectivity index is 2.16. The fourth-order valence-electron chi connectivity index (χ4n) is 1.81. The van der Waals surface area contributed by atoms with Gasteiger partial charge in [-0.05, 0) is 37.2 Å². The molecule has 0 saturated heterocycles. The molecule has 3 nitrogen and oxygen atoms in total. The summed E-state index contributed by atoms with van der Waals surface area (Å²) < 4.78 is 3.90. The number of hydrogen-bond donors (Lipinski definition) is 1. The number of hydrogen-bond acceptors (Lipinski definition) is 2. The van der Waals surface area contributed by atoms with Crippen molar-refractivity contribution in [2.24, 2.45) is 0 Å². The van der Waals surface area contributed by atoms with Gasteiger partial charge in [0.25, 0.3) is 0 Å². The first-order valence-corrected chi connectivity index (χ1v) is 6.38. The van der Waals surface area contributed by atoms with E-state index in [1.165, 1.54) is 12.8 Å². The van der Waals surface area contributed by atoms with E-state index in [9.17, 15) is 0 Å². The molecule has 3 rings (SSSR count). The summed E-state index contributed by atoms with van der Waals surface area (Å²) in [5.41, 5.74) is 1.09. The summed E-state index contributed by atoms with van der Waals surface area (Å²) in [7, 11) is 0. The molecule has 1 saturated carbocycles. The minimum Gasteiger partial charge on any atom is -0.297 e. The van der Waals surface area contributed by atoms with Crippen LogP contribution in [0, 0.1) is 4.77 Å². The molecule has 0 radical (unpaired) electrons. The summed E-state index contributed by atoms with van der Waals surface area (Å²) in [6, 6.07) is 8.67. The van der Waals surface area contributed by atoms with E-state index in [0.717, 1.165) is 20.6 Å². The molecule has 1 aromatic carbocycles. The molecule has 1 aromatic heterocycles.